The average molecular weight is 290 g/mol. The molecule has 0 aliphatic rings. The van der Waals surface area contributed by atoms with Gasteiger partial charge >= 0.3 is 0 Å². The van der Waals surface area contributed by atoms with Gasteiger partial charge in [0.25, 0.3) is 0 Å². The van der Waals surface area contributed by atoms with Gasteiger partial charge in [-0.2, -0.15) is 0 Å². The van der Waals surface area contributed by atoms with Gasteiger partial charge in [0.1, 0.15) is 14.8 Å². The fourth-order valence-electron chi connectivity index (χ4n) is 1.22. The number of nitrogens with one attached hydrogen (secondary N) is 2. The topological polar surface area (TPSA) is 83.5 Å². The molecular weight excluding hydrogens is 272 g/mol. The van der Waals surface area contributed by atoms with Gasteiger partial charge in [0, 0.05) is 30.9 Å². The summed E-state index contributed by atoms with van der Waals surface area (Å²) in [5, 5.41) is 8.97. The fourth-order valence-corrected chi connectivity index (χ4v) is 2.40. The van der Waals surface area contributed by atoms with Gasteiger partial charge in [-0.15, -0.1) is 11.3 Å². The number of aryl methyl sites for hydroxylation is 1. The van der Waals surface area contributed by atoms with E-state index in [9.17, 15) is 8.42 Å². The third kappa shape index (κ3) is 5.97. The van der Waals surface area contributed by atoms with Crippen molar-refractivity contribution in [1.29, 1.82) is 0 Å². The lowest BCUT2D eigenvalue weighted by molar-refractivity contribution is 0.600. The van der Waals surface area contributed by atoms with Crippen molar-refractivity contribution in [2.45, 2.75) is 13.5 Å². The first-order valence-electron chi connectivity index (χ1n) is 5.44. The highest BCUT2D eigenvalue weighted by Gasteiger charge is 2.04. The Morgan fingerprint density at radius 3 is 2.72 bits per heavy atom. The molecule has 0 fully saturated rings. The molecule has 0 spiro atoms. The third-order valence-electron chi connectivity index (χ3n) is 2.06. The van der Waals surface area contributed by atoms with Crippen molar-refractivity contribution in [1.82, 2.24) is 15.6 Å². The molecule has 0 saturated carbocycles. The minimum Gasteiger partial charge on any atom is -0.355 e. The molecule has 0 amide bonds. The quantitative estimate of drug-likeness (QED) is 0.596. The van der Waals surface area contributed by atoms with E-state index in [2.05, 4.69) is 20.6 Å². The zero-order chi connectivity index (χ0) is 13.6. The first-order chi connectivity index (χ1) is 8.40. The Bertz CT molecular complexity index is 508. The van der Waals surface area contributed by atoms with Crippen LogP contribution in [0.1, 0.15) is 10.7 Å². The summed E-state index contributed by atoms with van der Waals surface area (Å²) >= 11 is 1.58. The van der Waals surface area contributed by atoms with E-state index in [-0.39, 0.29) is 5.75 Å². The SMILES string of the molecule is CN=C(NCCS(C)(=O)=O)NCc1nc(C)cs1. The molecule has 0 aromatic carbocycles. The lowest BCUT2D eigenvalue weighted by atomic mass is 10.5. The number of sulfone groups is 1. The standard InChI is InChI=1S/C10H18N4O2S2/c1-8-7-17-9(14-8)6-13-10(11-2)12-4-5-18(3,15)16/h7H,4-6H2,1-3H3,(H2,11,12,13). The van der Waals surface area contributed by atoms with Gasteiger partial charge in [-0.3, -0.25) is 4.99 Å². The molecule has 0 radical (unpaired) electrons. The van der Waals surface area contributed by atoms with E-state index in [1.165, 1.54) is 6.26 Å². The molecule has 18 heavy (non-hydrogen) atoms. The molecule has 102 valence electrons. The first-order valence-corrected chi connectivity index (χ1v) is 8.38. The summed E-state index contributed by atoms with van der Waals surface area (Å²) in [6.07, 6.45) is 1.21. The van der Waals surface area contributed by atoms with Crippen LogP contribution in [0.3, 0.4) is 0 Å². The van der Waals surface area contributed by atoms with Crippen molar-refractivity contribution in [3.63, 3.8) is 0 Å². The molecule has 0 aliphatic carbocycles. The van der Waals surface area contributed by atoms with E-state index in [0.29, 0.717) is 19.0 Å². The maximum absolute atomic E-state index is 11.0. The van der Waals surface area contributed by atoms with Gasteiger partial charge in [-0.05, 0) is 6.92 Å². The van der Waals surface area contributed by atoms with E-state index < -0.39 is 9.84 Å². The molecule has 0 saturated heterocycles. The van der Waals surface area contributed by atoms with Crippen LogP contribution in [0, 0.1) is 6.92 Å². The molecule has 8 heteroatoms. The average Bonchev–Trinajstić information content (AvgIpc) is 2.67. The molecule has 2 N–H and O–H groups in total. The Kier molecular flexibility index (Phi) is 5.54. The zero-order valence-electron chi connectivity index (χ0n) is 10.7. The van der Waals surface area contributed by atoms with Crippen LogP contribution in [-0.2, 0) is 16.4 Å². The maximum Gasteiger partial charge on any atom is 0.191 e. The Balaban J connectivity index is 2.35. The molecule has 0 atom stereocenters. The second kappa shape index (κ2) is 6.69. The number of nitrogens with zero attached hydrogens (tertiary/aromatic N) is 2. The van der Waals surface area contributed by atoms with E-state index in [1.54, 1.807) is 18.4 Å². The summed E-state index contributed by atoms with van der Waals surface area (Å²) < 4.78 is 21.9. The monoisotopic (exact) mass is 290 g/mol. The molecule has 1 rings (SSSR count). The lowest BCUT2D eigenvalue weighted by Gasteiger charge is -2.10. The highest BCUT2D eigenvalue weighted by Crippen LogP contribution is 2.07. The van der Waals surface area contributed by atoms with Crippen molar-refractivity contribution in [2.75, 3.05) is 25.6 Å². The van der Waals surface area contributed by atoms with E-state index in [1.807, 2.05) is 12.3 Å². The molecule has 6 nitrogen and oxygen atoms in total. The molecule has 1 aromatic rings. The molecular formula is C10H18N4O2S2. The Morgan fingerprint density at radius 2 is 2.22 bits per heavy atom. The number of aliphatic imine (C=N–C) groups is 1. The summed E-state index contributed by atoms with van der Waals surface area (Å²) in [4.78, 5) is 8.32. The second-order valence-corrected chi connectivity index (χ2v) is 7.07. The molecule has 0 aliphatic heterocycles. The second-order valence-electron chi connectivity index (χ2n) is 3.87. The largest absolute Gasteiger partial charge is 0.355 e. The smallest absolute Gasteiger partial charge is 0.191 e. The Labute approximate surface area is 111 Å². The van der Waals surface area contributed by atoms with Crippen molar-refractivity contribution in [2.24, 2.45) is 4.99 Å². The van der Waals surface area contributed by atoms with Crippen LogP contribution in [-0.4, -0.2) is 45.0 Å². The van der Waals surface area contributed by atoms with Crippen LogP contribution in [0.5, 0.6) is 0 Å². The fraction of sp³-hybridized carbons (Fsp3) is 0.600. The predicted molar refractivity (Wildman–Crippen MR) is 74.8 cm³/mol. The molecule has 1 aromatic heterocycles. The van der Waals surface area contributed by atoms with Gasteiger partial charge in [-0.1, -0.05) is 0 Å². The summed E-state index contributed by atoms with van der Waals surface area (Å²) in [6, 6.07) is 0. The van der Waals surface area contributed by atoms with Crippen LogP contribution in [0.25, 0.3) is 0 Å². The summed E-state index contributed by atoms with van der Waals surface area (Å²) in [7, 11) is -1.31. The number of rotatable bonds is 5. The highest BCUT2D eigenvalue weighted by atomic mass is 32.2. The van der Waals surface area contributed by atoms with Crippen LogP contribution >= 0.6 is 11.3 Å². The predicted octanol–water partition coefficient (Wildman–Crippen LogP) is 0.161. The minimum atomic E-state index is -2.95. The normalized spacial score (nSPS) is 12.5. The van der Waals surface area contributed by atoms with Crippen molar-refractivity contribution in [3.8, 4) is 0 Å². The van der Waals surface area contributed by atoms with Crippen LogP contribution in [0.2, 0.25) is 0 Å². The Morgan fingerprint density at radius 1 is 1.50 bits per heavy atom. The minimum absolute atomic E-state index is 0.0874. The zero-order valence-corrected chi connectivity index (χ0v) is 12.4. The van der Waals surface area contributed by atoms with Gasteiger partial charge < -0.3 is 10.6 Å². The number of hydrogen-bond donors (Lipinski definition) is 2. The number of hydrogen-bond acceptors (Lipinski definition) is 5. The first kappa shape index (κ1) is 14.9. The van der Waals surface area contributed by atoms with Gasteiger partial charge in [0.15, 0.2) is 5.96 Å². The molecule has 0 bridgehead atoms. The van der Waals surface area contributed by atoms with E-state index in [0.717, 1.165) is 10.7 Å². The summed E-state index contributed by atoms with van der Waals surface area (Å²) in [5.74, 6) is 0.663. The molecule has 1 heterocycles. The number of guanidine groups is 1. The van der Waals surface area contributed by atoms with Crippen LogP contribution < -0.4 is 10.6 Å². The van der Waals surface area contributed by atoms with Crippen molar-refractivity contribution >= 4 is 27.1 Å². The van der Waals surface area contributed by atoms with Gasteiger partial charge in [0.05, 0.1) is 12.3 Å². The van der Waals surface area contributed by atoms with Crippen molar-refractivity contribution in [3.05, 3.63) is 16.1 Å². The summed E-state index contributed by atoms with van der Waals surface area (Å²) in [6.45, 7) is 2.87. The van der Waals surface area contributed by atoms with Gasteiger partial charge in [0.2, 0.25) is 0 Å². The number of aromatic nitrogens is 1. The highest BCUT2D eigenvalue weighted by molar-refractivity contribution is 7.90. The third-order valence-corrected chi connectivity index (χ3v) is 3.97. The number of thiazole rings is 1. The lowest BCUT2D eigenvalue weighted by Crippen LogP contribution is -2.39. The van der Waals surface area contributed by atoms with Crippen LogP contribution in [0.4, 0.5) is 0 Å². The van der Waals surface area contributed by atoms with Crippen LogP contribution in [0.15, 0.2) is 10.4 Å². The van der Waals surface area contributed by atoms with Gasteiger partial charge in [-0.25, -0.2) is 13.4 Å². The molecule has 0 unspecified atom stereocenters. The van der Waals surface area contributed by atoms with Crippen molar-refractivity contribution < 1.29 is 8.42 Å². The van der Waals surface area contributed by atoms with E-state index in [4.69, 9.17) is 0 Å². The van der Waals surface area contributed by atoms with E-state index >= 15 is 0 Å². The maximum atomic E-state index is 11.0. The summed E-state index contributed by atoms with van der Waals surface area (Å²) in [5.41, 5.74) is 0.997. The Hall–Kier alpha value is -1.15.